The Labute approximate surface area is 102 Å². The van der Waals surface area contributed by atoms with E-state index in [1.54, 1.807) is 11.8 Å². The summed E-state index contributed by atoms with van der Waals surface area (Å²) in [6, 6.07) is -0.247. The molecule has 5 heteroatoms. The maximum atomic E-state index is 11.9. The van der Waals surface area contributed by atoms with E-state index in [0.29, 0.717) is 13.0 Å². The fourth-order valence-corrected chi connectivity index (χ4v) is 1.98. The number of carboxylic acids is 1. The van der Waals surface area contributed by atoms with Crippen molar-refractivity contribution in [1.82, 2.24) is 4.90 Å². The van der Waals surface area contributed by atoms with Crippen molar-refractivity contribution in [2.75, 3.05) is 13.2 Å². The highest BCUT2D eigenvalue weighted by molar-refractivity contribution is 5.80. The van der Waals surface area contributed by atoms with E-state index in [1.807, 2.05) is 20.8 Å². The van der Waals surface area contributed by atoms with E-state index in [1.165, 1.54) is 0 Å². The Kier molecular flexibility index (Phi) is 4.14. The topological polar surface area (TPSA) is 66.8 Å². The van der Waals surface area contributed by atoms with E-state index >= 15 is 0 Å². The van der Waals surface area contributed by atoms with Crippen LogP contribution in [0.4, 0.5) is 0 Å². The highest BCUT2D eigenvalue weighted by Crippen LogP contribution is 2.24. The number of likely N-dealkylation sites (tertiary alicyclic amines) is 1. The van der Waals surface area contributed by atoms with E-state index in [-0.39, 0.29) is 24.2 Å². The number of carbonyl (C=O) groups excluding carboxylic acids is 1. The normalized spacial score (nSPS) is 25.1. The van der Waals surface area contributed by atoms with Crippen LogP contribution in [0.3, 0.4) is 0 Å². The molecule has 1 saturated heterocycles. The Morgan fingerprint density at radius 2 is 2.00 bits per heavy atom. The minimum atomic E-state index is -0.829. The first-order valence-electron chi connectivity index (χ1n) is 5.88. The van der Waals surface area contributed by atoms with E-state index < -0.39 is 11.9 Å². The molecule has 1 fully saturated rings. The molecule has 0 saturated carbocycles. The number of hydrogen-bond donors (Lipinski definition) is 1. The fourth-order valence-electron chi connectivity index (χ4n) is 1.98. The zero-order valence-corrected chi connectivity index (χ0v) is 10.9. The number of ether oxygens (including phenoxy) is 1. The number of amides is 1. The van der Waals surface area contributed by atoms with E-state index in [4.69, 9.17) is 9.84 Å². The molecule has 0 spiro atoms. The summed E-state index contributed by atoms with van der Waals surface area (Å²) >= 11 is 0. The molecule has 5 nitrogen and oxygen atoms in total. The first-order chi connectivity index (χ1) is 7.72. The van der Waals surface area contributed by atoms with Gasteiger partial charge in [0.25, 0.3) is 0 Å². The van der Waals surface area contributed by atoms with Crippen molar-refractivity contribution in [1.29, 1.82) is 0 Å². The van der Waals surface area contributed by atoms with E-state index in [9.17, 15) is 9.59 Å². The number of aliphatic carboxylic acids is 1. The molecule has 0 bridgehead atoms. The highest BCUT2D eigenvalue weighted by Gasteiger charge is 2.38. The van der Waals surface area contributed by atoms with Gasteiger partial charge in [-0.1, -0.05) is 0 Å². The van der Waals surface area contributed by atoms with Gasteiger partial charge in [0.05, 0.1) is 11.5 Å². The third-order valence-electron chi connectivity index (χ3n) is 3.02. The molecule has 1 rings (SSSR count). The monoisotopic (exact) mass is 243 g/mol. The van der Waals surface area contributed by atoms with Crippen molar-refractivity contribution in [2.45, 2.75) is 45.8 Å². The molecule has 2 atom stereocenters. The third kappa shape index (κ3) is 3.70. The molecule has 0 aromatic carbocycles. The van der Waals surface area contributed by atoms with Crippen LogP contribution in [0.15, 0.2) is 0 Å². The summed E-state index contributed by atoms with van der Waals surface area (Å²) < 4.78 is 5.41. The quantitative estimate of drug-likeness (QED) is 0.806. The molecule has 0 aromatic rings. The van der Waals surface area contributed by atoms with E-state index in [2.05, 4.69) is 0 Å². The molecular formula is C12H21NO4. The van der Waals surface area contributed by atoms with Crippen LogP contribution in [0.1, 0.15) is 34.1 Å². The summed E-state index contributed by atoms with van der Waals surface area (Å²) in [6.45, 7) is 7.95. The van der Waals surface area contributed by atoms with Gasteiger partial charge in [-0.15, -0.1) is 0 Å². The maximum Gasteiger partial charge on any atom is 0.308 e. The lowest BCUT2D eigenvalue weighted by Crippen LogP contribution is -2.41. The van der Waals surface area contributed by atoms with Gasteiger partial charge in [-0.2, -0.15) is 0 Å². The number of nitrogens with zero attached hydrogens (tertiary/aromatic N) is 1. The van der Waals surface area contributed by atoms with Crippen LogP contribution in [-0.4, -0.2) is 46.7 Å². The van der Waals surface area contributed by atoms with Gasteiger partial charge in [-0.25, -0.2) is 0 Å². The Balaban J connectivity index is 2.52. The van der Waals surface area contributed by atoms with Crippen LogP contribution >= 0.6 is 0 Å². The smallest absolute Gasteiger partial charge is 0.308 e. The number of carboxylic acid groups (broad SMARTS) is 1. The molecule has 0 radical (unpaired) electrons. The van der Waals surface area contributed by atoms with Gasteiger partial charge in [0.2, 0.25) is 5.91 Å². The number of carbonyl (C=O) groups is 2. The lowest BCUT2D eigenvalue weighted by molar-refractivity contribution is -0.145. The molecule has 2 unspecified atom stereocenters. The standard InChI is InChI=1S/C12H21NO4/c1-8-9(11(15)16)5-6-13(8)10(14)7-17-12(2,3)4/h8-9H,5-7H2,1-4H3,(H,15,16). The van der Waals surface area contributed by atoms with Crippen molar-refractivity contribution < 1.29 is 19.4 Å². The molecule has 0 aromatic heterocycles. The second-order valence-corrected chi connectivity index (χ2v) is 5.46. The molecule has 98 valence electrons. The van der Waals surface area contributed by atoms with Crippen molar-refractivity contribution in [3.8, 4) is 0 Å². The molecule has 1 amide bonds. The highest BCUT2D eigenvalue weighted by atomic mass is 16.5. The molecule has 1 aliphatic heterocycles. The van der Waals surface area contributed by atoms with Crippen LogP contribution in [0.25, 0.3) is 0 Å². The van der Waals surface area contributed by atoms with Gasteiger partial charge in [0.1, 0.15) is 6.61 Å². The minimum absolute atomic E-state index is 0.0141. The Morgan fingerprint density at radius 3 is 2.41 bits per heavy atom. The fraction of sp³-hybridized carbons (Fsp3) is 0.833. The lowest BCUT2D eigenvalue weighted by Gasteiger charge is -2.26. The van der Waals surface area contributed by atoms with Gasteiger partial charge in [-0.05, 0) is 34.1 Å². The number of rotatable bonds is 3. The summed E-state index contributed by atoms with van der Waals surface area (Å²) in [5.74, 6) is -1.41. The maximum absolute atomic E-state index is 11.9. The summed E-state index contributed by atoms with van der Waals surface area (Å²) in [6.07, 6.45) is 0.526. The summed E-state index contributed by atoms with van der Waals surface area (Å²) in [5, 5.41) is 8.97. The Hall–Kier alpha value is -1.10. The second-order valence-electron chi connectivity index (χ2n) is 5.46. The van der Waals surface area contributed by atoms with Gasteiger partial charge in [0, 0.05) is 12.6 Å². The van der Waals surface area contributed by atoms with Gasteiger partial charge < -0.3 is 14.7 Å². The lowest BCUT2D eigenvalue weighted by atomic mass is 10.0. The SMILES string of the molecule is CC1C(C(=O)O)CCN1C(=O)COC(C)(C)C. The van der Waals surface area contributed by atoms with Crippen molar-refractivity contribution in [2.24, 2.45) is 5.92 Å². The van der Waals surface area contributed by atoms with Crippen molar-refractivity contribution in [3.63, 3.8) is 0 Å². The summed E-state index contributed by atoms with van der Waals surface area (Å²) in [4.78, 5) is 24.4. The summed E-state index contributed by atoms with van der Waals surface area (Å²) in [5.41, 5.74) is -0.356. The van der Waals surface area contributed by atoms with Crippen LogP contribution in [0.5, 0.6) is 0 Å². The van der Waals surface area contributed by atoms with Gasteiger partial charge in [-0.3, -0.25) is 9.59 Å². The molecular weight excluding hydrogens is 222 g/mol. The average Bonchev–Trinajstić information content (AvgIpc) is 2.55. The Bertz CT molecular complexity index is 308. The molecule has 17 heavy (non-hydrogen) atoms. The Morgan fingerprint density at radius 1 is 1.41 bits per heavy atom. The first-order valence-corrected chi connectivity index (χ1v) is 5.88. The predicted octanol–water partition coefficient (Wildman–Crippen LogP) is 1.12. The first kappa shape index (κ1) is 14.0. The molecule has 1 N–H and O–H groups in total. The van der Waals surface area contributed by atoms with Crippen LogP contribution in [-0.2, 0) is 14.3 Å². The van der Waals surface area contributed by atoms with Crippen molar-refractivity contribution >= 4 is 11.9 Å². The van der Waals surface area contributed by atoms with Gasteiger partial charge >= 0.3 is 5.97 Å². The molecule has 1 aliphatic rings. The zero-order chi connectivity index (χ0) is 13.2. The van der Waals surface area contributed by atoms with E-state index in [0.717, 1.165) is 0 Å². The minimum Gasteiger partial charge on any atom is -0.481 e. The van der Waals surface area contributed by atoms with Crippen LogP contribution in [0, 0.1) is 5.92 Å². The molecule has 0 aliphatic carbocycles. The molecule has 1 heterocycles. The summed E-state index contributed by atoms with van der Waals surface area (Å²) in [7, 11) is 0. The second kappa shape index (κ2) is 5.04. The zero-order valence-electron chi connectivity index (χ0n) is 10.9. The average molecular weight is 243 g/mol. The van der Waals surface area contributed by atoms with Gasteiger partial charge in [0.15, 0.2) is 0 Å². The van der Waals surface area contributed by atoms with Crippen LogP contribution in [0.2, 0.25) is 0 Å². The number of hydrogen-bond acceptors (Lipinski definition) is 3. The third-order valence-corrected chi connectivity index (χ3v) is 3.02. The van der Waals surface area contributed by atoms with Crippen LogP contribution < -0.4 is 0 Å². The van der Waals surface area contributed by atoms with Crippen molar-refractivity contribution in [3.05, 3.63) is 0 Å². The largest absolute Gasteiger partial charge is 0.481 e. The predicted molar refractivity (Wildman–Crippen MR) is 62.6 cm³/mol.